The van der Waals surface area contributed by atoms with Gasteiger partial charge in [0.2, 0.25) is 0 Å². The highest BCUT2D eigenvalue weighted by atomic mass is 16.5. The van der Waals surface area contributed by atoms with Crippen LogP contribution in [-0.2, 0) is 9.53 Å². The van der Waals surface area contributed by atoms with Crippen LogP contribution in [0.5, 0.6) is 0 Å². The molecule has 0 radical (unpaired) electrons. The Balaban J connectivity index is 1.82. The van der Waals surface area contributed by atoms with Crippen LogP contribution < -0.4 is 0 Å². The molecule has 2 saturated heterocycles. The van der Waals surface area contributed by atoms with E-state index in [9.17, 15) is 4.79 Å². The summed E-state index contributed by atoms with van der Waals surface area (Å²) >= 11 is 0. The Hall–Kier alpha value is -0.610. The maximum Gasteiger partial charge on any atom is 0.310 e. The number of likely N-dealkylation sites (tertiary alicyclic amines) is 1. The molecule has 2 unspecified atom stereocenters. The lowest BCUT2D eigenvalue weighted by Crippen LogP contribution is -2.55. The molecule has 0 saturated carbocycles. The van der Waals surface area contributed by atoms with Crippen molar-refractivity contribution in [1.82, 2.24) is 4.90 Å². The maximum atomic E-state index is 11.0. The minimum atomic E-state index is -0.712. The van der Waals surface area contributed by atoms with Gasteiger partial charge in [-0.2, -0.15) is 0 Å². The van der Waals surface area contributed by atoms with Crippen LogP contribution in [0.1, 0.15) is 19.8 Å². The van der Waals surface area contributed by atoms with Gasteiger partial charge in [-0.1, -0.05) is 13.3 Å². The Labute approximate surface area is 90.2 Å². The molecule has 0 aliphatic carbocycles. The fourth-order valence-electron chi connectivity index (χ4n) is 2.61. The quantitative estimate of drug-likeness (QED) is 0.751. The molecule has 0 aromatic rings. The fraction of sp³-hybridized carbons (Fsp3) is 0.909. The number of nitrogens with zero attached hydrogens (tertiary/aromatic N) is 1. The SMILES string of the molecule is CCCC1CN(C2COCC2C(=O)O)C1. The average Bonchev–Trinajstić information content (AvgIpc) is 2.58. The van der Waals surface area contributed by atoms with Gasteiger partial charge in [-0.25, -0.2) is 0 Å². The Morgan fingerprint density at radius 2 is 2.20 bits per heavy atom. The smallest absolute Gasteiger partial charge is 0.310 e. The van der Waals surface area contributed by atoms with Crippen molar-refractivity contribution in [3.05, 3.63) is 0 Å². The summed E-state index contributed by atoms with van der Waals surface area (Å²) in [5.41, 5.74) is 0. The number of carboxylic acids is 1. The van der Waals surface area contributed by atoms with Gasteiger partial charge in [0.25, 0.3) is 0 Å². The van der Waals surface area contributed by atoms with Crippen LogP contribution in [0.15, 0.2) is 0 Å². The lowest BCUT2D eigenvalue weighted by Gasteiger charge is -2.43. The van der Waals surface area contributed by atoms with E-state index in [1.54, 1.807) is 0 Å². The van der Waals surface area contributed by atoms with E-state index in [1.807, 2.05) is 0 Å². The van der Waals surface area contributed by atoms with E-state index in [2.05, 4.69) is 11.8 Å². The highest BCUT2D eigenvalue weighted by Gasteiger charge is 2.42. The molecular formula is C11H19NO3. The minimum Gasteiger partial charge on any atom is -0.481 e. The summed E-state index contributed by atoms with van der Waals surface area (Å²) in [5, 5.41) is 9.01. The van der Waals surface area contributed by atoms with Crippen LogP contribution in [-0.4, -0.2) is 48.3 Å². The molecular weight excluding hydrogens is 194 g/mol. The number of hydrogen-bond donors (Lipinski definition) is 1. The normalized spacial score (nSPS) is 32.9. The summed E-state index contributed by atoms with van der Waals surface area (Å²) in [6.07, 6.45) is 2.49. The molecule has 2 rings (SSSR count). The minimum absolute atomic E-state index is 0.121. The van der Waals surface area contributed by atoms with Crippen molar-refractivity contribution < 1.29 is 14.6 Å². The van der Waals surface area contributed by atoms with Crippen LogP contribution in [0.3, 0.4) is 0 Å². The lowest BCUT2D eigenvalue weighted by molar-refractivity contribution is -0.144. The van der Waals surface area contributed by atoms with E-state index in [0.29, 0.717) is 13.2 Å². The molecule has 4 nitrogen and oxygen atoms in total. The molecule has 1 N–H and O–H groups in total. The van der Waals surface area contributed by atoms with Gasteiger partial charge < -0.3 is 9.84 Å². The predicted octanol–water partition coefficient (Wildman–Crippen LogP) is 0.818. The molecule has 2 aliphatic heterocycles. The topological polar surface area (TPSA) is 49.8 Å². The first-order valence-electron chi connectivity index (χ1n) is 5.77. The molecule has 15 heavy (non-hydrogen) atoms. The molecule has 0 aromatic heterocycles. The Bertz CT molecular complexity index is 238. The van der Waals surface area contributed by atoms with Gasteiger partial charge >= 0.3 is 5.97 Å². The molecule has 0 aromatic carbocycles. The standard InChI is InChI=1S/C11H19NO3/c1-2-3-8-4-12(5-8)10-7-15-6-9(10)11(13)14/h8-10H,2-7H2,1H3,(H,13,14). The van der Waals surface area contributed by atoms with E-state index >= 15 is 0 Å². The third-order valence-electron chi connectivity index (χ3n) is 3.52. The second kappa shape index (κ2) is 4.49. The van der Waals surface area contributed by atoms with Gasteiger partial charge in [0.15, 0.2) is 0 Å². The first-order valence-corrected chi connectivity index (χ1v) is 5.77. The predicted molar refractivity (Wildman–Crippen MR) is 55.7 cm³/mol. The van der Waals surface area contributed by atoms with Gasteiger partial charge in [-0.15, -0.1) is 0 Å². The molecule has 2 atom stereocenters. The van der Waals surface area contributed by atoms with Gasteiger partial charge in [-0.3, -0.25) is 9.69 Å². The Morgan fingerprint density at radius 3 is 2.80 bits per heavy atom. The molecule has 0 spiro atoms. The zero-order valence-electron chi connectivity index (χ0n) is 9.19. The fourth-order valence-corrected chi connectivity index (χ4v) is 2.61. The summed E-state index contributed by atoms with van der Waals surface area (Å²) in [4.78, 5) is 13.2. The monoisotopic (exact) mass is 213 g/mol. The van der Waals surface area contributed by atoms with E-state index in [0.717, 1.165) is 19.0 Å². The summed E-state index contributed by atoms with van der Waals surface area (Å²) in [6, 6.07) is 0.121. The first-order chi connectivity index (χ1) is 7.22. The van der Waals surface area contributed by atoms with Crippen molar-refractivity contribution in [3.8, 4) is 0 Å². The van der Waals surface area contributed by atoms with E-state index in [4.69, 9.17) is 9.84 Å². The van der Waals surface area contributed by atoms with Crippen LogP contribution in [0.2, 0.25) is 0 Å². The van der Waals surface area contributed by atoms with Crippen LogP contribution in [0, 0.1) is 11.8 Å². The van der Waals surface area contributed by atoms with Crippen molar-refractivity contribution in [2.75, 3.05) is 26.3 Å². The number of rotatable bonds is 4. The van der Waals surface area contributed by atoms with E-state index in [-0.39, 0.29) is 12.0 Å². The van der Waals surface area contributed by atoms with Gasteiger partial charge in [0, 0.05) is 19.1 Å². The second-order valence-electron chi connectivity index (χ2n) is 4.66. The molecule has 4 heteroatoms. The molecule has 0 amide bonds. The Kier molecular flexibility index (Phi) is 3.26. The number of aliphatic carboxylic acids is 1. The lowest BCUT2D eigenvalue weighted by atomic mass is 9.90. The second-order valence-corrected chi connectivity index (χ2v) is 4.66. The van der Waals surface area contributed by atoms with Gasteiger partial charge in [0.05, 0.1) is 19.1 Å². The third kappa shape index (κ3) is 2.16. The van der Waals surface area contributed by atoms with Gasteiger partial charge in [-0.05, 0) is 12.3 Å². The zero-order chi connectivity index (χ0) is 10.8. The first kappa shape index (κ1) is 10.9. The number of ether oxygens (including phenoxy) is 1. The highest BCUT2D eigenvalue weighted by Crippen LogP contribution is 2.29. The highest BCUT2D eigenvalue weighted by molar-refractivity contribution is 5.71. The van der Waals surface area contributed by atoms with Crippen LogP contribution in [0.4, 0.5) is 0 Å². The summed E-state index contributed by atoms with van der Waals surface area (Å²) in [6.45, 7) is 5.30. The molecule has 0 bridgehead atoms. The van der Waals surface area contributed by atoms with Crippen molar-refractivity contribution >= 4 is 5.97 Å². The van der Waals surface area contributed by atoms with Crippen molar-refractivity contribution in [2.24, 2.45) is 11.8 Å². The van der Waals surface area contributed by atoms with Crippen molar-refractivity contribution in [3.63, 3.8) is 0 Å². The molecule has 86 valence electrons. The van der Waals surface area contributed by atoms with Crippen LogP contribution in [0.25, 0.3) is 0 Å². The van der Waals surface area contributed by atoms with Crippen molar-refractivity contribution in [2.45, 2.75) is 25.8 Å². The maximum absolute atomic E-state index is 11.0. The average molecular weight is 213 g/mol. The number of carbonyl (C=O) groups is 1. The molecule has 2 heterocycles. The third-order valence-corrected chi connectivity index (χ3v) is 3.52. The van der Waals surface area contributed by atoms with Gasteiger partial charge in [0.1, 0.15) is 0 Å². The zero-order valence-corrected chi connectivity index (χ0v) is 9.19. The summed E-state index contributed by atoms with van der Waals surface area (Å²) in [7, 11) is 0. The van der Waals surface area contributed by atoms with E-state index in [1.165, 1.54) is 12.8 Å². The molecule has 2 aliphatic rings. The molecule has 2 fully saturated rings. The van der Waals surface area contributed by atoms with Crippen LogP contribution >= 0.6 is 0 Å². The number of hydrogen-bond acceptors (Lipinski definition) is 3. The Morgan fingerprint density at radius 1 is 1.47 bits per heavy atom. The number of carboxylic acid groups (broad SMARTS) is 1. The van der Waals surface area contributed by atoms with E-state index < -0.39 is 5.97 Å². The summed E-state index contributed by atoms with van der Waals surface area (Å²) < 4.78 is 5.26. The largest absolute Gasteiger partial charge is 0.481 e. The van der Waals surface area contributed by atoms with Crippen molar-refractivity contribution in [1.29, 1.82) is 0 Å². The summed E-state index contributed by atoms with van der Waals surface area (Å²) in [5.74, 6) is -0.242.